The first-order valence-electron chi connectivity index (χ1n) is 10.0. The first-order chi connectivity index (χ1) is 15.5. The molecule has 0 fully saturated rings. The van der Waals surface area contributed by atoms with E-state index in [1.165, 1.54) is 12.4 Å². The van der Waals surface area contributed by atoms with Gasteiger partial charge in [-0.05, 0) is 35.9 Å². The summed E-state index contributed by atoms with van der Waals surface area (Å²) in [5.74, 6) is 0.268. The number of amidine groups is 1. The molecule has 0 bridgehead atoms. The monoisotopic (exact) mass is 433 g/mol. The molecule has 0 radical (unpaired) electrons. The Hall–Kier alpha value is -4.01. The fourth-order valence-corrected chi connectivity index (χ4v) is 3.92. The van der Waals surface area contributed by atoms with Crippen LogP contribution >= 0.6 is 0 Å². The maximum absolute atomic E-state index is 14.4. The number of aromatic hydroxyl groups is 1. The van der Waals surface area contributed by atoms with Gasteiger partial charge < -0.3 is 19.5 Å². The van der Waals surface area contributed by atoms with Crippen LogP contribution in [0.3, 0.4) is 0 Å². The van der Waals surface area contributed by atoms with Crippen LogP contribution in [-0.2, 0) is 10.3 Å². The second-order valence-corrected chi connectivity index (χ2v) is 7.75. The molecular weight excluding hydrogens is 413 g/mol. The van der Waals surface area contributed by atoms with E-state index in [4.69, 9.17) is 9.47 Å². The van der Waals surface area contributed by atoms with E-state index in [0.717, 1.165) is 0 Å². The van der Waals surface area contributed by atoms with Crippen molar-refractivity contribution in [1.29, 1.82) is 0 Å². The van der Waals surface area contributed by atoms with Crippen LogP contribution in [0.25, 0.3) is 11.1 Å². The number of nitrogens with zero attached hydrogens (tertiary/aromatic N) is 5. The van der Waals surface area contributed by atoms with Crippen LogP contribution in [0.15, 0.2) is 58.8 Å². The SMILES string of the molecule is CN(C)/C=N/C1=NCC[C@@]2(O1)c1cc(-c3cccnc3F)ccc1Oc1ncc(O)cc12. The third kappa shape index (κ3) is 3.31. The lowest BCUT2D eigenvalue weighted by Gasteiger charge is -2.40. The summed E-state index contributed by atoms with van der Waals surface area (Å²) in [6.07, 6.45) is 4.78. The minimum absolute atomic E-state index is 0.0194. The quantitative estimate of drug-likeness (QED) is 0.376. The molecule has 32 heavy (non-hydrogen) atoms. The van der Waals surface area contributed by atoms with Crippen LogP contribution in [0.2, 0.25) is 0 Å². The Morgan fingerprint density at radius 3 is 2.88 bits per heavy atom. The molecule has 9 heteroatoms. The molecule has 2 aromatic heterocycles. The van der Waals surface area contributed by atoms with Crippen LogP contribution in [0.1, 0.15) is 17.5 Å². The highest BCUT2D eigenvalue weighted by Crippen LogP contribution is 2.52. The Bertz CT molecular complexity index is 1260. The highest BCUT2D eigenvalue weighted by atomic mass is 19.1. The minimum atomic E-state index is -1.07. The molecule has 0 saturated heterocycles. The molecule has 2 aliphatic rings. The Labute approximate surface area is 183 Å². The molecule has 1 aromatic carbocycles. The summed E-state index contributed by atoms with van der Waals surface area (Å²) in [7, 11) is 3.69. The van der Waals surface area contributed by atoms with Crippen molar-refractivity contribution in [1.82, 2.24) is 14.9 Å². The van der Waals surface area contributed by atoms with Crippen molar-refractivity contribution >= 4 is 12.4 Å². The van der Waals surface area contributed by atoms with Crippen molar-refractivity contribution in [3.63, 3.8) is 0 Å². The van der Waals surface area contributed by atoms with E-state index in [0.29, 0.717) is 46.8 Å². The molecule has 8 nitrogen and oxygen atoms in total. The third-order valence-electron chi connectivity index (χ3n) is 5.34. The van der Waals surface area contributed by atoms with Crippen LogP contribution in [-0.4, -0.2) is 53.0 Å². The van der Waals surface area contributed by atoms with Crippen molar-refractivity contribution < 1.29 is 19.0 Å². The van der Waals surface area contributed by atoms with Gasteiger partial charge in [0.1, 0.15) is 11.5 Å². The highest BCUT2D eigenvalue weighted by molar-refractivity contribution is 5.84. The number of benzene rings is 1. The topological polar surface area (TPSA) is 92.4 Å². The van der Waals surface area contributed by atoms with Crippen LogP contribution < -0.4 is 4.74 Å². The molecule has 1 atom stereocenters. The third-order valence-corrected chi connectivity index (χ3v) is 5.34. The summed E-state index contributed by atoms with van der Waals surface area (Å²) in [5, 5.41) is 10.2. The minimum Gasteiger partial charge on any atom is -0.506 e. The van der Waals surface area contributed by atoms with E-state index < -0.39 is 11.5 Å². The summed E-state index contributed by atoms with van der Waals surface area (Å²) in [5.41, 5.74) is 1.15. The summed E-state index contributed by atoms with van der Waals surface area (Å²) in [4.78, 5) is 18.5. The molecule has 1 spiro atoms. The van der Waals surface area contributed by atoms with E-state index >= 15 is 0 Å². The van der Waals surface area contributed by atoms with Gasteiger partial charge in [-0.2, -0.15) is 9.38 Å². The van der Waals surface area contributed by atoms with E-state index in [1.807, 2.05) is 20.2 Å². The summed E-state index contributed by atoms with van der Waals surface area (Å²) in [6, 6.07) is 10.5. The first kappa shape index (κ1) is 19.9. The largest absolute Gasteiger partial charge is 0.506 e. The lowest BCUT2D eigenvalue weighted by Crippen LogP contribution is -2.40. The van der Waals surface area contributed by atoms with Crippen LogP contribution in [0.5, 0.6) is 17.4 Å². The standard InChI is InChI=1S/C23H20FN5O3/c1-29(2)13-28-22-26-9-7-23(32-22)17-10-14(16-4-3-8-25-20(16)24)5-6-19(17)31-21-18(23)11-15(30)12-27-21/h3-6,8,10-13,30H,7,9H2,1-2H3/b28-13+/t23-/m1/s1. The molecule has 0 saturated carbocycles. The predicted molar refractivity (Wildman–Crippen MR) is 117 cm³/mol. The zero-order valence-corrected chi connectivity index (χ0v) is 17.5. The number of fused-ring (bicyclic) bond motifs is 4. The van der Waals surface area contributed by atoms with Gasteiger partial charge in [-0.15, -0.1) is 0 Å². The van der Waals surface area contributed by atoms with Crippen LogP contribution in [0.4, 0.5) is 4.39 Å². The Morgan fingerprint density at radius 1 is 1.19 bits per heavy atom. The van der Waals surface area contributed by atoms with E-state index in [2.05, 4.69) is 20.0 Å². The number of ether oxygens (including phenoxy) is 2. The van der Waals surface area contributed by atoms with Gasteiger partial charge in [0, 0.05) is 44.4 Å². The zero-order valence-electron chi connectivity index (χ0n) is 17.5. The van der Waals surface area contributed by atoms with Crippen molar-refractivity contribution in [3.05, 3.63) is 65.9 Å². The number of hydrogen-bond acceptors (Lipinski definition) is 7. The second kappa shape index (κ2) is 7.60. The summed E-state index contributed by atoms with van der Waals surface area (Å²) in [6.45, 7) is 0.431. The molecule has 3 aromatic rings. The zero-order chi connectivity index (χ0) is 22.3. The number of hydrogen-bond donors (Lipinski definition) is 1. The molecule has 0 unspecified atom stereocenters. The summed E-state index contributed by atoms with van der Waals surface area (Å²) < 4.78 is 26.8. The Balaban J connectivity index is 1.69. The number of aliphatic imine (C=N–C) groups is 2. The van der Waals surface area contributed by atoms with Gasteiger partial charge in [0.25, 0.3) is 0 Å². The van der Waals surface area contributed by atoms with Crippen molar-refractivity contribution in [2.24, 2.45) is 9.98 Å². The fraction of sp³-hybridized carbons (Fsp3) is 0.217. The molecule has 1 N–H and O–H groups in total. The highest BCUT2D eigenvalue weighted by Gasteiger charge is 2.48. The van der Waals surface area contributed by atoms with Gasteiger partial charge in [0.15, 0.2) is 5.60 Å². The number of rotatable bonds is 2. The van der Waals surface area contributed by atoms with Gasteiger partial charge in [0.2, 0.25) is 11.8 Å². The normalized spacial score (nSPS) is 19.0. The lowest BCUT2D eigenvalue weighted by atomic mass is 9.80. The molecule has 2 aliphatic heterocycles. The Kier molecular flexibility index (Phi) is 4.73. The molecule has 0 aliphatic carbocycles. The molecule has 4 heterocycles. The van der Waals surface area contributed by atoms with Gasteiger partial charge in [-0.1, -0.05) is 6.07 Å². The van der Waals surface area contributed by atoms with Gasteiger partial charge >= 0.3 is 6.02 Å². The van der Waals surface area contributed by atoms with E-state index in [-0.39, 0.29) is 11.8 Å². The van der Waals surface area contributed by atoms with E-state index in [9.17, 15) is 9.50 Å². The predicted octanol–water partition coefficient (Wildman–Crippen LogP) is 3.70. The van der Waals surface area contributed by atoms with Crippen molar-refractivity contribution in [2.75, 3.05) is 20.6 Å². The van der Waals surface area contributed by atoms with Gasteiger partial charge in [-0.3, -0.25) is 0 Å². The first-order valence-corrected chi connectivity index (χ1v) is 10.0. The lowest BCUT2D eigenvalue weighted by molar-refractivity contribution is 0.0625. The van der Waals surface area contributed by atoms with Crippen LogP contribution in [0, 0.1) is 5.95 Å². The maximum atomic E-state index is 14.4. The molecular formula is C23H20FN5O3. The van der Waals surface area contributed by atoms with Crippen molar-refractivity contribution in [2.45, 2.75) is 12.0 Å². The summed E-state index contributed by atoms with van der Waals surface area (Å²) >= 11 is 0. The maximum Gasteiger partial charge on any atom is 0.314 e. The molecule has 162 valence electrons. The smallest absolute Gasteiger partial charge is 0.314 e. The second-order valence-electron chi connectivity index (χ2n) is 7.75. The average Bonchev–Trinajstić information content (AvgIpc) is 2.79. The van der Waals surface area contributed by atoms with E-state index in [1.54, 1.807) is 41.6 Å². The molecule has 0 amide bonds. The van der Waals surface area contributed by atoms with Gasteiger partial charge in [0.05, 0.1) is 18.1 Å². The number of aromatic nitrogens is 2. The number of pyridine rings is 2. The fourth-order valence-electron chi connectivity index (χ4n) is 3.92. The number of halogens is 1. The van der Waals surface area contributed by atoms with Gasteiger partial charge in [-0.25, -0.2) is 15.0 Å². The average molecular weight is 433 g/mol. The van der Waals surface area contributed by atoms with Crippen molar-refractivity contribution in [3.8, 4) is 28.5 Å². The Morgan fingerprint density at radius 2 is 2.06 bits per heavy atom. The molecule has 5 rings (SSSR count).